The smallest absolute Gasteiger partial charge is 0.196 e. The molecule has 9 heteroatoms. The number of halogens is 1. The van der Waals surface area contributed by atoms with Crippen molar-refractivity contribution in [3.8, 4) is 0 Å². The fourth-order valence-electron chi connectivity index (χ4n) is 4.26. The van der Waals surface area contributed by atoms with Crippen LogP contribution in [-0.2, 0) is 27.6 Å². The van der Waals surface area contributed by atoms with Crippen LogP contribution in [-0.4, -0.2) is 46.0 Å². The van der Waals surface area contributed by atoms with Crippen molar-refractivity contribution in [1.29, 1.82) is 0 Å². The highest BCUT2D eigenvalue weighted by Gasteiger charge is 2.39. The summed E-state index contributed by atoms with van der Waals surface area (Å²) in [7, 11) is -1.98. The molecule has 4 aromatic rings. The molecule has 0 unspecified atom stereocenters. The van der Waals surface area contributed by atoms with Crippen molar-refractivity contribution in [2.45, 2.75) is 71.1 Å². The van der Waals surface area contributed by atoms with Gasteiger partial charge in [-0.05, 0) is 61.8 Å². The third kappa shape index (κ3) is 6.42. The Kier molecular flexibility index (Phi) is 8.19. The largest absolute Gasteiger partial charge is 0.414 e. The van der Waals surface area contributed by atoms with E-state index in [0.29, 0.717) is 29.0 Å². The molecular formula is C31H37FN4O3Si. The number of rotatable bonds is 10. The summed E-state index contributed by atoms with van der Waals surface area (Å²) >= 11 is 0. The molecule has 0 aromatic carbocycles. The van der Waals surface area contributed by atoms with Gasteiger partial charge in [0.1, 0.15) is 11.6 Å². The molecule has 0 N–H and O–H groups in total. The highest BCUT2D eigenvalue weighted by atomic mass is 28.4. The molecule has 4 heterocycles. The minimum Gasteiger partial charge on any atom is -0.414 e. The molecule has 0 aliphatic rings. The van der Waals surface area contributed by atoms with Gasteiger partial charge in [-0.2, -0.15) is 0 Å². The molecule has 0 aliphatic carbocycles. The van der Waals surface area contributed by atoms with Crippen LogP contribution < -0.4 is 0 Å². The molecule has 7 nitrogen and oxygen atoms in total. The van der Waals surface area contributed by atoms with Gasteiger partial charge in [0, 0.05) is 66.0 Å². The summed E-state index contributed by atoms with van der Waals surface area (Å²) in [5.41, 5.74) is 2.50. The van der Waals surface area contributed by atoms with Gasteiger partial charge in [-0.15, -0.1) is 0 Å². The first-order chi connectivity index (χ1) is 18.7. The summed E-state index contributed by atoms with van der Waals surface area (Å²) < 4.78 is 21.8. The van der Waals surface area contributed by atoms with E-state index in [9.17, 15) is 14.0 Å². The van der Waals surface area contributed by atoms with E-state index in [1.807, 2.05) is 12.3 Å². The van der Waals surface area contributed by atoms with Crippen molar-refractivity contribution in [2.75, 3.05) is 6.61 Å². The predicted molar refractivity (Wildman–Crippen MR) is 156 cm³/mol. The summed E-state index contributed by atoms with van der Waals surface area (Å²) in [6.07, 6.45) is 9.67. The van der Waals surface area contributed by atoms with Crippen LogP contribution in [0, 0.1) is 5.82 Å². The maximum absolute atomic E-state index is 13.8. The van der Waals surface area contributed by atoms with Gasteiger partial charge in [0.25, 0.3) is 0 Å². The number of carbonyl (C=O) groups is 2. The molecule has 210 valence electrons. The monoisotopic (exact) mass is 560 g/mol. The fourth-order valence-corrected chi connectivity index (χ4v) is 5.41. The normalized spacial score (nSPS) is 12.6. The van der Waals surface area contributed by atoms with E-state index in [4.69, 9.17) is 4.43 Å². The fraction of sp³-hybridized carbons (Fsp3) is 0.387. The van der Waals surface area contributed by atoms with Crippen LogP contribution in [0.5, 0.6) is 0 Å². The van der Waals surface area contributed by atoms with Crippen LogP contribution in [0.3, 0.4) is 0 Å². The Morgan fingerprint density at radius 2 is 1.73 bits per heavy atom. The Bertz CT molecular complexity index is 1540. The Morgan fingerprint density at radius 1 is 0.975 bits per heavy atom. The predicted octanol–water partition coefficient (Wildman–Crippen LogP) is 6.31. The molecular weight excluding hydrogens is 523 g/mol. The lowest BCUT2D eigenvalue weighted by atomic mass is 10.0. The second-order valence-electron chi connectivity index (χ2n) is 12.4. The van der Waals surface area contributed by atoms with Crippen LogP contribution in [0.2, 0.25) is 18.1 Å². The average molecular weight is 561 g/mol. The first-order valence-corrected chi connectivity index (χ1v) is 16.3. The minimum atomic E-state index is -1.98. The molecule has 0 saturated heterocycles. The molecule has 0 saturated carbocycles. The topological polar surface area (TPSA) is 87.0 Å². The number of Topliss-reactive ketones (excluding diaryl/α,β-unsaturated/α-hetero) is 1. The van der Waals surface area contributed by atoms with Gasteiger partial charge in [0.2, 0.25) is 0 Å². The zero-order chi connectivity index (χ0) is 29.3. The molecule has 0 fully saturated rings. The van der Waals surface area contributed by atoms with Gasteiger partial charge >= 0.3 is 0 Å². The molecule has 0 radical (unpaired) electrons. The quantitative estimate of drug-likeness (QED) is 0.167. The summed E-state index contributed by atoms with van der Waals surface area (Å²) in [4.78, 5) is 38.9. The minimum absolute atomic E-state index is 0.0731. The van der Waals surface area contributed by atoms with Crippen molar-refractivity contribution in [2.24, 2.45) is 0 Å². The second kappa shape index (κ2) is 11.1. The van der Waals surface area contributed by atoms with Crippen molar-refractivity contribution >= 4 is 30.8 Å². The lowest BCUT2D eigenvalue weighted by molar-refractivity contribution is -0.117. The van der Waals surface area contributed by atoms with Crippen LogP contribution in [0.25, 0.3) is 10.9 Å². The maximum Gasteiger partial charge on any atom is 0.196 e. The second-order valence-corrected chi connectivity index (χ2v) is 17.2. The first-order valence-electron chi connectivity index (χ1n) is 13.4. The summed E-state index contributed by atoms with van der Waals surface area (Å²) in [5.74, 6) is -0.746. The zero-order valence-electron chi connectivity index (χ0n) is 24.3. The van der Waals surface area contributed by atoms with Gasteiger partial charge in [-0.25, -0.2) is 4.39 Å². The van der Waals surface area contributed by atoms with Crippen LogP contribution >= 0.6 is 0 Å². The molecule has 0 bridgehead atoms. The number of pyridine rings is 3. The number of hydrogen-bond acceptors (Lipinski definition) is 6. The number of ketones is 2. The van der Waals surface area contributed by atoms with Crippen molar-refractivity contribution in [3.05, 3.63) is 89.6 Å². The van der Waals surface area contributed by atoms with Gasteiger partial charge in [0.15, 0.2) is 14.1 Å². The number of hydrogen-bond donors (Lipinski definition) is 0. The zero-order valence-corrected chi connectivity index (χ0v) is 25.3. The van der Waals surface area contributed by atoms with E-state index in [1.165, 1.54) is 18.3 Å². The lowest BCUT2D eigenvalue weighted by Crippen LogP contribution is -2.45. The maximum atomic E-state index is 13.8. The first kappa shape index (κ1) is 29.4. The molecule has 0 spiro atoms. The summed E-state index contributed by atoms with van der Waals surface area (Å²) in [6.45, 7) is 15.8. The molecule has 40 heavy (non-hydrogen) atoms. The summed E-state index contributed by atoms with van der Waals surface area (Å²) in [5, 5.41) is 0.832. The average Bonchev–Trinajstić information content (AvgIpc) is 3.29. The molecule has 0 aliphatic heterocycles. The Hall–Kier alpha value is -3.56. The number of carbonyl (C=O) groups excluding carboxylic acids is 2. The van der Waals surface area contributed by atoms with E-state index < -0.39 is 19.7 Å². The SMILES string of the molecule is CC(C)(CO[Si](C)(C)C(C)(C)C)n1cc(C(=O)c2cncc(CC(=O)Cc3ccc(F)cn3)c2)c2cnccc21. The van der Waals surface area contributed by atoms with Crippen LogP contribution in [0.15, 0.2) is 61.4 Å². The van der Waals surface area contributed by atoms with Crippen molar-refractivity contribution < 1.29 is 18.4 Å². The summed E-state index contributed by atoms with van der Waals surface area (Å²) in [6, 6.07) is 6.39. The van der Waals surface area contributed by atoms with Crippen molar-refractivity contribution in [1.82, 2.24) is 19.5 Å². The molecule has 4 rings (SSSR count). The van der Waals surface area contributed by atoms with Gasteiger partial charge in [0.05, 0.1) is 23.9 Å². The number of nitrogens with zero attached hydrogens (tertiary/aromatic N) is 4. The van der Waals surface area contributed by atoms with Crippen LogP contribution in [0.4, 0.5) is 4.39 Å². The van der Waals surface area contributed by atoms with E-state index in [2.05, 4.69) is 67.2 Å². The van der Waals surface area contributed by atoms with Crippen molar-refractivity contribution in [3.63, 3.8) is 0 Å². The molecule has 0 amide bonds. The third-order valence-corrected chi connectivity index (χ3v) is 12.2. The third-order valence-electron chi connectivity index (χ3n) is 7.72. The highest BCUT2D eigenvalue weighted by molar-refractivity contribution is 6.74. The van der Waals surface area contributed by atoms with Gasteiger partial charge in [-0.1, -0.05) is 20.8 Å². The Balaban J connectivity index is 1.59. The highest BCUT2D eigenvalue weighted by Crippen LogP contribution is 2.38. The number of fused-ring (bicyclic) bond motifs is 1. The van der Waals surface area contributed by atoms with E-state index in [1.54, 1.807) is 24.7 Å². The van der Waals surface area contributed by atoms with Gasteiger partial charge in [-0.3, -0.25) is 24.5 Å². The Morgan fingerprint density at radius 3 is 2.40 bits per heavy atom. The van der Waals surface area contributed by atoms with Crippen LogP contribution in [0.1, 0.15) is 61.8 Å². The van der Waals surface area contributed by atoms with E-state index >= 15 is 0 Å². The Labute approximate surface area is 236 Å². The number of aromatic nitrogens is 4. The van der Waals surface area contributed by atoms with E-state index in [0.717, 1.165) is 17.1 Å². The molecule has 4 aromatic heterocycles. The molecule has 0 atom stereocenters. The van der Waals surface area contributed by atoms with E-state index in [-0.39, 0.29) is 29.4 Å². The van der Waals surface area contributed by atoms with Gasteiger partial charge < -0.3 is 8.99 Å². The lowest BCUT2D eigenvalue weighted by Gasteiger charge is -2.39. The standard InChI is InChI=1S/C31H37FN4O3Si/c1-30(2,3)40(6,7)39-20-31(4,5)36-19-27(26-18-33-11-10-28(26)36)29(38)22-12-21(15-34-16-22)13-25(37)14-24-9-8-23(32)17-35-24/h8-12,15-19H,13-14,20H2,1-7H3.